The van der Waals surface area contributed by atoms with Crippen LogP contribution in [0.5, 0.6) is 0 Å². The zero-order valence-corrected chi connectivity index (χ0v) is 10.8. The Balaban J connectivity index is 1.82. The number of urea groups is 1. The fourth-order valence-electron chi connectivity index (χ4n) is 2.04. The van der Waals surface area contributed by atoms with E-state index in [1.54, 1.807) is 11.1 Å². The third-order valence-electron chi connectivity index (χ3n) is 3.24. The molecule has 1 aromatic rings. The largest absolute Gasteiger partial charge is 0.481 e. The Labute approximate surface area is 111 Å². The Morgan fingerprint density at radius 3 is 2.89 bits per heavy atom. The Bertz CT molecular complexity index is 473. The summed E-state index contributed by atoms with van der Waals surface area (Å²) in [5.74, 6) is -1.27. The highest BCUT2D eigenvalue weighted by molar-refractivity contribution is 5.77. The number of carboxylic acid groups (broad SMARTS) is 1. The van der Waals surface area contributed by atoms with Crippen LogP contribution in [0.15, 0.2) is 18.3 Å². The number of likely N-dealkylation sites (tertiary alicyclic amines) is 1. The van der Waals surface area contributed by atoms with Crippen molar-refractivity contribution in [1.82, 2.24) is 15.2 Å². The number of carbonyl (C=O) groups excluding carboxylic acids is 1. The molecular formula is C13H17N3O3. The van der Waals surface area contributed by atoms with Gasteiger partial charge in [-0.05, 0) is 25.0 Å². The number of nitrogens with zero attached hydrogens (tertiary/aromatic N) is 2. The second-order valence-electron chi connectivity index (χ2n) is 4.74. The maximum atomic E-state index is 11.9. The van der Waals surface area contributed by atoms with Crippen molar-refractivity contribution in [3.05, 3.63) is 29.6 Å². The van der Waals surface area contributed by atoms with Gasteiger partial charge in [-0.25, -0.2) is 4.79 Å². The van der Waals surface area contributed by atoms with E-state index < -0.39 is 11.9 Å². The number of nitrogens with one attached hydrogen (secondary N) is 1. The van der Waals surface area contributed by atoms with Crippen LogP contribution in [0.3, 0.4) is 0 Å². The quantitative estimate of drug-likeness (QED) is 0.852. The summed E-state index contributed by atoms with van der Waals surface area (Å²) in [4.78, 5) is 28.4. The van der Waals surface area contributed by atoms with Gasteiger partial charge in [0.25, 0.3) is 0 Å². The molecule has 1 saturated heterocycles. The molecule has 0 saturated carbocycles. The van der Waals surface area contributed by atoms with Crippen LogP contribution in [0.4, 0.5) is 4.79 Å². The van der Waals surface area contributed by atoms with E-state index in [2.05, 4.69) is 10.3 Å². The van der Waals surface area contributed by atoms with E-state index in [4.69, 9.17) is 5.11 Å². The zero-order valence-electron chi connectivity index (χ0n) is 10.8. The van der Waals surface area contributed by atoms with Crippen LogP contribution in [-0.2, 0) is 11.3 Å². The molecule has 1 aliphatic rings. The molecule has 1 fully saturated rings. The Morgan fingerprint density at radius 1 is 1.53 bits per heavy atom. The number of aryl methyl sites for hydroxylation is 1. The molecule has 0 bridgehead atoms. The number of carbonyl (C=O) groups is 2. The van der Waals surface area contributed by atoms with Crippen LogP contribution in [0.2, 0.25) is 0 Å². The minimum atomic E-state index is -0.835. The number of rotatable bonds is 3. The van der Waals surface area contributed by atoms with E-state index in [0.717, 1.165) is 11.3 Å². The van der Waals surface area contributed by atoms with E-state index in [1.807, 2.05) is 19.1 Å². The Kier molecular flexibility index (Phi) is 3.99. The highest BCUT2D eigenvalue weighted by Crippen LogP contribution is 2.16. The van der Waals surface area contributed by atoms with Crippen molar-refractivity contribution in [2.45, 2.75) is 19.9 Å². The first kappa shape index (κ1) is 13.3. The molecule has 6 nitrogen and oxygen atoms in total. The first-order valence-corrected chi connectivity index (χ1v) is 6.23. The molecule has 19 heavy (non-hydrogen) atoms. The Hall–Kier alpha value is -2.11. The highest BCUT2D eigenvalue weighted by atomic mass is 16.4. The first-order valence-electron chi connectivity index (χ1n) is 6.23. The number of aliphatic carboxylic acids is 1. The molecule has 2 N–H and O–H groups in total. The van der Waals surface area contributed by atoms with Gasteiger partial charge in [0.2, 0.25) is 0 Å². The van der Waals surface area contributed by atoms with Gasteiger partial charge in [-0.2, -0.15) is 0 Å². The molecule has 0 radical (unpaired) electrons. The molecule has 1 aliphatic heterocycles. The van der Waals surface area contributed by atoms with Gasteiger partial charge in [-0.1, -0.05) is 6.07 Å². The molecule has 2 heterocycles. The van der Waals surface area contributed by atoms with Crippen molar-refractivity contribution < 1.29 is 14.7 Å². The minimum Gasteiger partial charge on any atom is -0.481 e. The maximum Gasteiger partial charge on any atom is 0.317 e. The van der Waals surface area contributed by atoms with Crippen LogP contribution < -0.4 is 5.32 Å². The lowest BCUT2D eigenvalue weighted by atomic mass is 10.1. The van der Waals surface area contributed by atoms with Gasteiger partial charge >= 0.3 is 12.0 Å². The molecule has 2 rings (SSSR count). The van der Waals surface area contributed by atoms with E-state index in [0.29, 0.717) is 19.5 Å². The third-order valence-corrected chi connectivity index (χ3v) is 3.24. The zero-order chi connectivity index (χ0) is 13.8. The fraction of sp³-hybridized carbons (Fsp3) is 0.462. The summed E-state index contributed by atoms with van der Waals surface area (Å²) in [6.45, 7) is 3.08. The third kappa shape index (κ3) is 3.43. The van der Waals surface area contributed by atoms with Crippen LogP contribution in [0.25, 0.3) is 0 Å². The van der Waals surface area contributed by atoms with Crippen molar-refractivity contribution in [2.24, 2.45) is 5.92 Å². The topological polar surface area (TPSA) is 82.5 Å². The number of aromatic nitrogens is 1. The summed E-state index contributed by atoms with van der Waals surface area (Å²) in [5, 5.41) is 11.7. The monoisotopic (exact) mass is 263 g/mol. The predicted octanol–water partition coefficient (Wildman–Crippen LogP) is 1.01. The molecular weight excluding hydrogens is 246 g/mol. The molecule has 0 spiro atoms. The number of hydrogen-bond acceptors (Lipinski definition) is 3. The molecule has 0 aliphatic carbocycles. The van der Waals surface area contributed by atoms with Crippen LogP contribution in [-0.4, -0.2) is 40.1 Å². The van der Waals surface area contributed by atoms with E-state index in [-0.39, 0.29) is 12.6 Å². The molecule has 0 aromatic carbocycles. The van der Waals surface area contributed by atoms with Gasteiger partial charge in [0.1, 0.15) is 0 Å². The number of amides is 2. The normalized spacial score (nSPS) is 18.4. The first-order chi connectivity index (χ1) is 9.06. The average molecular weight is 263 g/mol. The van der Waals surface area contributed by atoms with Crippen molar-refractivity contribution in [3.63, 3.8) is 0 Å². The summed E-state index contributed by atoms with van der Waals surface area (Å²) in [7, 11) is 0. The SMILES string of the molecule is Cc1ccc(CNC(=O)N2CCC(C(=O)O)C2)cn1. The second-order valence-corrected chi connectivity index (χ2v) is 4.74. The van der Waals surface area contributed by atoms with Gasteiger partial charge < -0.3 is 15.3 Å². The maximum absolute atomic E-state index is 11.9. The van der Waals surface area contributed by atoms with E-state index in [1.165, 1.54) is 0 Å². The average Bonchev–Trinajstić information content (AvgIpc) is 2.87. The lowest BCUT2D eigenvalue weighted by Crippen LogP contribution is -2.38. The molecule has 102 valence electrons. The van der Waals surface area contributed by atoms with Gasteiger partial charge in [0, 0.05) is 31.5 Å². The van der Waals surface area contributed by atoms with Crippen molar-refractivity contribution >= 4 is 12.0 Å². The van der Waals surface area contributed by atoms with Gasteiger partial charge in [-0.15, -0.1) is 0 Å². The van der Waals surface area contributed by atoms with E-state index in [9.17, 15) is 9.59 Å². The summed E-state index contributed by atoms with van der Waals surface area (Å²) in [6.07, 6.45) is 2.24. The predicted molar refractivity (Wildman–Crippen MR) is 68.5 cm³/mol. The lowest BCUT2D eigenvalue weighted by molar-refractivity contribution is -0.141. The summed E-state index contributed by atoms with van der Waals surface area (Å²) in [5.41, 5.74) is 1.85. The van der Waals surface area contributed by atoms with Gasteiger partial charge in [0.15, 0.2) is 0 Å². The molecule has 2 amide bonds. The molecule has 1 unspecified atom stereocenters. The van der Waals surface area contributed by atoms with Crippen molar-refractivity contribution in [1.29, 1.82) is 0 Å². The summed E-state index contributed by atoms with van der Waals surface area (Å²) >= 11 is 0. The van der Waals surface area contributed by atoms with Gasteiger partial charge in [-0.3, -0.25) is 9.78 Å². The highest BCUT2D eigenvalue weighted by Gasteiger charge is 2.30. The van der Waals surface area contributed by atoms with Crippen molar-refractivity contribution in [2.75, 3.05) is 13.1 Å². The van der Waals surface area contributed by atoms with E-state index >= 15 is 0 Å². The summed E-state index contributed by atoms with van der Waals surface area (Å²) < 4.78 is 0. The standard InChI is InChI=1S/C13H17N3O3/c1-9-2-3-10(6-14-9)7-15-13(19)16-5-4-11(8-16)12(17)18/h2-3,6,11H,4-5,7-8H2,1H3,(H,15,19)(H,17,18). The second kappa shape index (κ2) is 5.69. The number of hydrogen-bond donors (Lipinski definition) is 2. The van der Waals surface area contributed by atoms with Crippen LogP contribution in [0, 0.1) is 12.8 Å². The fourth-order valence-corrected chi connectivity index (χ4v) is 2.04. The van der Waals surface area contributed by atoms with Crippen molar-refractivity contribution in [3.8, 4) is 0 Å². The van der Waals surface area contributed by atoms with Crippen LogP contribution in [0.1, 0.15) is 17.7 Å². The minimum absolute atomic E-state index is 0.218. The lowest BCUT2D eigenvalue weighted by Gasteiger charge is -2.16. The number of pyridine rings is 1. The summed E-state index contributed by atoms with van der Waals surface area (Å²) in [6, 6.07) is 3.58. The Morgan fingerprint density at radius 2 is 2.32 bits per heavy atom. The molecule has 1 atom stereocenters. The smallest absolute Gasteiger partial charge is 0.317 e. The van der Waals surface area contributed by atoms with Gasteiger partial charge in [0.05, 0.1) is 5.92 Å². The number of carboxylic acids is 1. The molecule has 1 aromatic heterocycles. The molecule has 6 heteroatoms. The van der Waals surface area contributed by atoms with Crippen LogP contribution >= 0.6 is 0 Å².